The van der Waals surface area contributed by atoms with Crippen molar-refractivity contribution in [3.05, 3.63) is 101 Å². The summed E-state index contributed by atoms with van der Waals surface area (Å²) >= 11 is 1.62. The highest BCUT2D eigenvalue weighted by atomic mass is 32.2. The molecule has 0 bridgehead atoms. The SMILES string of the molecule is COc1cccc(/C=N\NC(=O)c2ccc([C@@H]3SCC(=O)N3CCc3ccccc3)cc2)c1. The Labute approximate surface area is 197 Å². The molecule has 1 aliphatic rings. The highest BCUT2D eigenvalue weighted by molar-refractivity contribution is 8.00. The lowest BCUT2D eigenvalue weighted by molar-refractivity contribution is -0.128. The quantitative estimate of drug-likeness (QED) is 0.403. The number of nitrogens with zero attached hydrogens (tertiary/aromatic N) is 2. The molecular weight excluding hydrogens is 434 g/mol. The minimum atomic E-state index is -0.295. The van der Waals surface area contributed by atoms with E-state index in [2.05, 4.69) is 22.7 Å². The molecule has 1 saturated heterocycles. The number of hydrazone groups is 1. The molecule has 0 saturated carbocycles. The maximum absolute atomic E-state index is 12.4. The van der Waals surface area contributed by atoms with Gasteiger partial charge in [-0.05, 0) is 47.4 Å². The van der Waals surface area contributed by atoms with Crippen molar-refractivity contribution in [1.29, 1.82) is 0 Å². The number of hydrogen-bond donors (Lipinski definition) is 1. The fourth-order valence-electron chi connectivity index (χ4n) is 3.62. The van der Waals surface area contributed by atoms with Crippen molar-refractivity contribution in [1.82, 2.24) is 10.3 Å². The third-order valence-corrected chi connectivity index (χ3v) is 6.64. The Morgan fingerprint density at radius 1 is 1.12 bits per heavy atom. The van der Waals surface area contributed by atoms with Gasteiger partial charge in [0.05, 0.1) is 19.1 Å². The van der Waals surface area contributed by atoms with Crippen LogP contribution in [0.4, 0.5) is 0 Å². The van der Waals surface area contributed by atoms with Crippen LogP contribution in [0.3, 0.4) is 0 Å². The number of amides is 2. The van der Waals surface area contributed by atoms with E-state index >= 15 is 0 Å². The molecule has 3 aromatic carbocycles. The van der Waals surface area contributed by atoms with E-state index in [-0.39, 0.29) is 17.2 Å². The summed E-state index contributed by atoms with van der Waals surface area (Å²) in [6.45, 7) is 0.668. The molecule has 1 N–H and O–H groups in total. The van der Waals surface area contributed by atoms with Crippen LogP contribution in [0.2, 0.25) is 0 Å². The molecule has 0 spiro atoms. The van der Waals surface area contributed by atoms with Crippen LogP contribution in [0.1, 0.15) is 32.4 Å². The predicted molar refractivity (Wildman–Crippen MR) is 132 cm³/mol. The molecule has 168 valence electrons. The van der Waals surface area contributed by atoms with Crippen molar-refractivity contribution in [2.45, 2.75) is 11.8 Å². The van der Waals surface area contributed by atoms with E-state index in [1.165, 1.54) is 5.56 Å². The summed E-state index contributed by atoms with van der Waals surface area (Å²) in [6, 6.07) is 24.9. The third kappa shape index (κ3) is 5.81. The van der Waals surface area contributed by atoms with E-state index in [1.807, 2.05) is 59.5 Å². The monoisotopic (exact) mass is 459 g/mol. The van der Waals surface area contributed by atoms with Gasteiger partial charge in [0.15, 0.2) is 0 Å². The lowest BCUT2D eigenvalue weighted by Crippen LogP contribution is -2.30. The predicted octanol–water partition coefficient (Wildman–Crippen LogP) is 4.28. The van der Waals surface area contributed by atoms with E-state index in [0.717, 1.165) is 23.3 Å². The second-order valence-corrected chi connectivity index (χ2v) is 8.65. The minimum Gasteiger partial charge on any atom is -0.497 e. The highest BCUT2D eigenvalue weighted by Gasteiger charge is 2.32. The van der Waals surface area contributed by atoms with E-state index in [9.17, 15) is 9.59 Å². The van der Waals surface area contributed by atoms with Gasteiger partial charge in [0.2, 0.25) is 5.91 Å². The van der Waals surface area contributed by atoms with Crippen molar-refractivity contribution >= 4 is 29.8 Å². The van der Waals surface area contributed by atoms with Gasteiger partial charge in [0.25, 0.3) is 5.91 Å². The highest BCUT2D eigenvalue weighted by Crippen LogP contribution is 2.38. The number of benzene rings is 3. The molecule has 6 nitrogen and oxygen atoms in total. The van der Waals surface area contributed by atoms with Gasteiger partial charge in [0, 0.05) is 12.1 Å². The van der Waals surface area contributed by atoms with Crippen LogP contribution in [0.15, 0.2) is 84.0 Å². The molecule has 2 amide bonds. The van der Waals surface area contributed by atoms with Gasteiger partial charge < -0.3 is 9.64 Å². The lowest BCUT2D eigenvalue weighted by Gasteiger charge is -2.24. The number of rotatable bonds is 8. The van der Waals surface area contributed by atoms with Gasteiger partial charge >= 0.3 is 0 Å². The number of ether oxygens (including phenoxy) is 1. The summed E-state index contributed by atoms with van der Waals surface area (Å²) in [6.07, 6.45) is 2.38. The Bertz CT molecular complexity index is 1130. The maximum Gasteiger partial charge on any atom is 0.271 e. The largest absolute Gasteiger partial charge is 0.497 e. The van der Waals surface area contributed by atoms with Gasteiger partial charge in [-0.2, -0.15) is 5.10 Å². The molecule has 0 radical (unpaired) electrons. The number of carbonyl (C=O) groups excluding carboxylic acids is 2. The van der Waals surface area contributed by atoms with Crippen molar-refractivity contribution < 1.29 is 14.3 Å². The molecule has 1 fully saturated rings. The molecule has 33 heavy (non-hydrogen) atoms. The zero-order valence-corrected chi connectivity index (χ0v) is 19.1. The van der Waals surface area contributed by atoms with E-state index in [4.69, 9.17) is 4.74 Å². The summed E-state index contributed by atoms with van der Waals surface area (Å²) in [7, 11) is 1.60. The maximum atomic E-state index is 12.4. The van der Waals surface area contributed by atoms with Crippen LogP contribution in [-0.2, 0) is 11.2 Å². The fourth-order valence-corrected chi connectivity index (χ4v) is 4.84. The zero-order chi connectivity index (χ0) is 23.0. The molecule has 7 heteroatoms. The molecule has 1 atom stereocenters. The Morgan fingerprint density at radius 2 is 1.91 bits per heavy atom. The topological polar surface area (TPSA) is 71.0 Å². The molecule has 3 aromatic rings. The summed E-state index contributed by atoms with van der Waals surface area (Å²) in [5.74, 6) is 1.05. The van der Waals surface area contributed by atoms with Crippen LogP contribution in [0.5, 0.6) is 5.75 Å². The molecule has 1 heterocycles. The van der Waals surface area contributed by atoms with Crippen LogP contribution in [0, 0.1) is 0 Å². The molecular formula is C26H25N3O3S. The van der Waals surface area contributed by atoms with E-state index < -0.39 is 0 Å². The Balaban J connectivity index is 1.36. The number of carbonyl (C=O) groups is 2. The van der Waals surface area contributed by atoms with Crippen molar-refractivity contribution in [3.8, 4) is 5.75 Å². The minimum absolute atomic E-state index is 0.0376. The summed E-state index contributed by atoms with van der Waals surface area (Å²) in [5.41, 5.74) is 6.10. The van der Waals surface area contributed by atoms with E-state index in [1.54, 1.807) is 37.2 Å². The zero-order valence-electron chi connectivity index (χ0n) is 18.3. The van der Waals surface area contributed by atoms with Crippen LogP contribution >= 0.6 is 11.8 Å². The molecule has 0 unspecified atom stereocenters. The number of methoxy groups -OCH3 is 1. The average Bonchev–Trinajstić information content (AvgIpc) is 3.23. The molecule has 0 aromatic heterocycles. The summed E-state index contributed by atoms with van der Waals surface area (Å²) in [4.78, 5) is 26.8. The van der Waals surface area contributed by atoms with Crippen molar-refractivity contribution in [2.75, 3.05) is 19.4 Å². The van der Waals surface area contributed by atoms with Crippen molar-refractivity contribution in [2.24, 2.45) is 5.10 Å². The molecule has 4 rings (SSSR count). The first-order valence-corrected chi connectivity index (χ1v) is 11.7. The second kappa shape index (κ2) is 10.8. The van der Waals surface area contributed by atoms with Gasteiger partial charge in [-0.25, -0.2) is 5.43 Å². The molecule has 0 aliphatic carbocycles. The standard InChI is InChI=1S/C26H25N3O3S/c1-32-23-9-5-8-20(16-23)17-27-28-25(31)21-10-12-22(13-11-21)26-29(24(30)18-33-26)15-14-19-6-3-2-4-7-19/h2-13,16-17,26H,14-15,18H2,1H3,(H,28,31)/b27-17-/t26-/m0/s1. The van der Waals surface area contributed by atoms with E-state index in [0.29, 0.717) is 17.9 Å². The first-order chi connectivity index (χ1) is 16.1. The lowest BCUT2D eigenvalue weighted by atomic mass is 10.1. The third-order valence-electron chi connectivity index (χ3n) is 5.38. The summed E-state index contributed by atoms with van der Waals surface area (Å²) < 4.78 is 5.18. The van der Waals surface area contributed by atoms with Crippen molar-refractivity contribution in [3.63, 3.8) is 0 Å². The smallest absolute Gasteiger partial charge is 0.271 e. The number of nitrogens with one attached hydrogen (secondary N) is 1. The number of thioether (sulfide) groups is 1. The first-order valence-electron chi connectivity index (χ1n) is 10.7. The normalized spacial score (nSPS) is 15.7. The van der Waals surface area contributed by atoms with Crippen LogP contribution in [-0.4, -0.2) is 42.3 Å². The fraction of sp³-hybridized carbons (Fsp3) is 0.192. The Morgan fingerprint density at radius 3 is 2.67 bits per heavy atom. The van der Waals surface area contributed by atoms with Crippen LogP contribution in [0.25, 0.3) is 0 Å². The average molecular weight is 460 g/mol. The van der Waals surface area contributed by atoms with Gasteiger partial charge in [-0.15, -0.1) is 11.8 Å². The van der Waals surface area contributed by atoms with Crippen LogP contribution < -0.4 is 10.2 Å². The molecule has 1 aliphatic heterocycles. The Kier molecular flexibility index (Phi) is 7.42. The van der Waals surface area contributed by atoms with Gasteiger partial charge in [-0.3, -0.25) is 9.59 Å². The Hall–Kier alpha value is -3.58. The second-order valence-electron chi connectivity index (χ2n) is 7.58. The van der Waals surface area contributed by atoms with Gasteiger partial charge in [-0.1, -0.05) is 54.6 Å². The number of hydrogen-bond acceptors (Lipinski definition) is 5. The van der Waals surface area contributed by atoms with Gasteiger partial charge in [0.1, 0.15) is 11.1 Å². The summed E-state index contributed by atoms with van der Waals surface area (Å²) in [5, 5.41) is 3.99. The first kappa shape index (κ1) is 22.6.